The number of nitrogens with one attached hydrogen (secondary N) is 1. The van der Waals surface area contributed by atoms with Gasteiger partial charge in [-0.15, -0.1) is 0 Å². The van der Waals surface area contributed by atoms with Gasteiger partial charge in [0.1, 0.15) is 11.5 Å². The van der Waals surface area contributed by atoms with Crippen molar-refractivity contribution in [1.82, 2.24) is 10.3 Å². The normalized spacial score (nSPS) is 23.4. The summed E-state index contributed by atoms with van der Waals surface area (Å²) in [5.41, 5.74) is 2.68. The predicted molar refractivity (Wildman–Crippen MR) is 112 cm³/mol. The fourth-order valence-electron chi connectivity index (χ4n) is 3.85. The second-order valence-corrected chi connectivity index (χ2v) is 9.52. The summed E-state index contributed by atoms with van der Waals surface area (Å²) in [5, 5.41) is 3.09. The lowest BCUT2D eigenvalue weighted by Crippen LogP contribution is -2.45. The Balaban J connectivity index is 1.58. The van der Waals surface area contributed by atoms with E-state index in [0.29, 0.717) is 29.2 Å². The number of nitrogens with zero attached hydrogens (tertiary/aromatic N) is 1. The van der Waals surface area contributed by atoms with E-state index in [1.54, 1.807) is 0 Å². The number of amides is 1. The van der Waals surface area contributed by atoms with Gasteiger partial charge in [0.25, 0.3) is 0 Å². The highest BCUT2D eigenvalue weighted by Gasteiger charge is 2.28. The van der Waals surface area contributed by atoms with Gasteiger partial charge in [-0.1, -0.05) is 44.4 Å². The van der Waals surface area contributed by atoms with Crippen molar-refractivity contribution < 1.29 is 13.4 Å². The Labute approximate surface area is 169 Å². The molecule has 1 aromatic carbocycles. The van der Waals surface area contributed by atoms with Crippen LogP contribution in [0.1, 0.15) is 50.1 Å². The molecule has 3 rings (SSSR count). The van der Waals surface area contributed by atoms with Crippen LogP contribution in [-0.2, 0) is 21.3 Å². The van der Waals surface area contributed by atoms with Crippen LogP contribution in [0.3, 0.4) is 0 Å². The van der Waals surface area contributed by atoms with Crippen LogP contribution < -0.4 is 5.32 Å². The van der Waals surface area contributed by atoms with Crippen molar-refractivity contribution in [1.29, 1.82) is 0 Å². The van der Waals surface area contributed by atoms with Crippen LogP contribution in [0, 0.1) is 25.7 Å². The molecule has 1 fully saturated rings. The number of hydrogen-bond donors (Lipinski definition) is 1. The monoisotopic (exact) mass is 402 g/mol. The van der Waals surface area contributed by atoms with E-state index < -0.39 is 10.8 Å². The van der Waals surface area contributed by atoms with E-state index in [-0.39, 0.29) is 23.5 Å². The van der Waals surface area contributed by atoms with E-state index in [1.807, 2.05) is 38.1 Å². The highest BCUT2D eigenvalue weighted by atomic mass is 32.2. The molecule has 1 aliphatic rings. The van der Waals surface area contributed by atoms with Crippen LogP contribution >= 0.6 is 0 Å². The number of benzene rings is 1. The van der Waals surface area contributed by atoms with E-state index in [1.165, 1.54) is 6.42 Å². The minimum atomic E-state index is -1.32. The first-order valence-corrected chi connectivity index (χ1v) is 11.5. The summed E-state index contributed by atoms with van der Waals surface area (Å²) >= 11 is 0. The van der Waals surface area contributed by atoms with E-state index in [2.05, 4.69) is 24.1 Å². The summed E-state index contributed by atoms with van der Waals surface area (Å²) in [7, 11) is -1.32. The van der Waals surface area contributed by atoms with Crippen LogP contribution in [0.2, 0.25) is 0 Å². The first kappa shape index (κ1) is 20.8. The number of hydrogen-bond acceptors (Lipinski definition) is 4. The minimum absolute atomic E-state index is 0.00365. The Morgan fingerprint density at radius 1 is 1.29 bits per heavy atom. The highest BCUT2D eigenvalue weighted by Crippen LogP contribution is 2.29. The maximum absolute atomic E-state index is 12.5. The van der Waals surface area contributed by atoms with Crippen LogP contribution in [0.4, 0.5) is 0 Å². The predicted octanol–water partition coefficient (Wildman–Crippen LogP) is 4.15. The molecule has 152 valence electrons. The largest absolute Gasteiger partial charge is 0.441 e. The molecule has 1 heterocycles. The summed E-state index contributed by atoms with van der Waals surface area (Å²) in [4.78, 5) is 16.9. The third-order valence-electron chi connectivity index (χ3n) is 5.80. The first-order chi connectivity index (χ1) is 13.3. The van der Waals surface area contributed by atoms with Gasteiger partial charge in [-0.05, 0) is 44.2 Å². The molecule has 0 spiro atoms. The van der Waals surface area contributed by atoms with Crippen molar-refractivity contribution in [2.45, 2.75) is 58.8 Å². The molecule has 0 saturated heterocycles. The molecule has 28 heavy (non-hydrogen) atoms. The van der Waals surface area contributed by atoms with Gasteiger partial charge in [0.15, 0.2) is 0 Å². The van der Waals surface area contributed by atoms with Gasteiger partial charge in [-0.25, -0.2) is 4.98 Å². The maximum Gasteiger partial charge on any atom is 0.232 e. The third kappa shape index (κ3) is 5.10. The van der Waals surface area contributed by atoms with Crippen molar-refractivity contribution >= 4 is 16.7 Å². The molecular formula is C22H30N2O3S. The zero-order chi connectivity index (χ0) is 20.3. The summed E-state index contributed by atoms with van der Waals surface area (Å²) < 4.78 is 18.3. The quantitative estimate of drug-likeness (QED) is 0.788. The second kappa shape index (κ2) is 9.03. The van der Waals surface area contributed by atoms with Crippen LogP contribution in [-0.4, -0.2) is 26.9 Å². The van der Waals surface area contributed by atoms with Crippen LogP contribution in [0.5, 0.6) is 0 Å². The SMILES string of the molecule is Cc1cccc(-c2nc(C[S@@](=O)CC(=O)N[C@@H]3CCC[C@H](C)[C@@H]3C)c(C)o2)c1. The van der Waals surface area contributed by atoms with Gasteiger partial charge in [0, 0.05) is 22.4 Å². The standard InChI is InChI=1S/C22H30N2O3S/c1-14-7-5-9-18(11-14)22-24-20(17(4)27-22)12-28(26)13-21(25)23-19-10-6-8-15(2)16(19)3/h5,7,9,11,15-16,19H,6,8,10,12-13H2,1-4H3,(H,23,25)/t15-,16-,19+,28+/m0/s1. The van der Waals surface area contributed by atoms with Crippen molar-refractivity contribution in [2.24, 2.45) is 11.8 Å². The summed E-state index contributed by atoms with van der Waals surface area (Å²) in [6, 6.07) is 8.11. The zero-order valence-corrected chi connectivity index (χ0v) is 18.0. The van der Waals surface area contributed by atoms with Gasteiger partial charge in [0.05, 0.1) is 11.4 Å². The number of rotatable bonds is 6. The van der Waals surface area contributed by atoms with Gasteiger partial charge < -0.3 is 9.73 Å². The molecular weight excluding hydrogens is 372 g/mol. The lowest BCUT2D eigenvalue weighted by Gasteiger charge is -2.34. The molecule has 0 aliphatic heterocycles. The average Bonchev–Trinajstić information content (AvgIpc) is 2.99. The maximum atomic E-state index is 12.5. The second-order valence-electron chi connectivity index (χ2n) is 8.06. The molecule has 2 aromatic rings. The Bertz CT molecular complexity index is 861. The molecule has 0 unspecified atom stereocenters. The molecule has 0 radical (unpaired) electrons. The number of aromatic nitrogens is 1. The summed E-state index contributed by atoms with van der Waals surface area (Å²) in [6.07, 6.45) is 3.36. The van der Waals surface area contributed by atoms with Crippen molar-refractivity contribution in [2.75, 3.05) is 5.75 Å². The van der Waals surface area contributed by atoms with Crippen LogP contribution in [0.15, 0.2) is 28.7 Å². The van der Waals surface area contributed by atoms with E-state index in [9.17, 15) is 9.00 Å². The van der Waals surface area contributed by atoms with Gasteiger partial charge in [0.2, 0.25) is 11.8 Å². The smallest absolute Gasteiger partial charge is 0.232 e. The third-order valence-corrected chi connectivity index (χ3v) is 6.98. The number of oxazole rings is 1. The molecule has 1 N–H and O–H groups in total. The molecule has 0 bridgehead atoms. The zero-order valence-electron chi connectivity index (χ0n) is 17.2. The molecule has 6 heteroatoms. The lowest BCUT2D eigenvalue weighted by atomic mass is 9.78. The lowest BCUT2D eigenvalue weighted by molar-refractivity contribution is -0.120. The number of carbonyl (C=O) groups is 1. The average molecular weight is 403 g/mol. The number of aryl methyl sites for hydroxylation is 2. The number of carbonyl (C=O) groups excluding carboxylic acids is 1. The van der Waals surface area contributed by atoms with Gasteiger partial charge in [-0.3, -0.25) is 9.00 Å². The van der Waals surface area contributed by atoms with Crippen molar-refractivity contribution in [3.05, 3.63) is 41.3 Å². The molecule has 1 saturated carbocycles. The van der Waals surface area contributed by atoms with Crippen molar-refractivity contribution in [3.8, 4) is 11.5 Å². The highest BCUT2D eigenvalue weighted by molar-refractivity contribution is 7.84. The molecule has 1 aliphatic carbocycles. The molecule has 4 atom stereocenters. The van der Waals surface area contributed by atoms with Crippen molar-refractivity contribution in [3.63, 3.8) is 0 Å². The fourth-order valence-corrected chi connectivity index (χ4v) is 4.90. The van der Waals surface area contributed by atoms with E-state index in [0.717, 1.165) is 24.0 Å². The molecule has 1 amide bonds. The Morgan fingerprint density at radius 2 is 2.07 bits per heavy atom. The van der Waals surface area contributed by atoms with E-state index >= 15 is 0 Å². The van der Waals surface area contributed by atoms with Gasteiger partial charge in [-0.2, -0.15) is 0 Å². The Hall–Kier alpha value is -1.95. The van der Waals surface area contributed by atoms with Crippen LogP contribution in [0.25, 0.3) is 11.5 Å². The Kier molecular flexibility index (Phi) is 6.70. The molecule has 1 aromatic heterocycles. The summed E-state index contributed by atoms with van der Waals surface area (Å²) in [6.45, 7) is 8.27. The van der Waals surface area contributed by atoms with E-state index in [4.69, 9.17) is 4.42 Å². The first-order valence-electron chi connectivity index (χ1n) is 10.0. The fraction of sp³-hybridized carbons (Fsp3) is 0.545. The van der Waals surface area contributed by atoms with Gasteiger partial charge >= 0.3 is 0 Å². The topological polar surface area (TPSA) is 72.2 Å². The summed E-state index contributed by atoms with van der Waals surface area (Å²) in [5.74, 6) is 2.35. The molecule has 5 nitrogen and oxygen atoms in total. The minimum Gasteiger partial charge on any atom is -0.441 e. The Morgan fingerprint density at radius 3 is 2.82 bits per heavy atom.